The van der Waals surface area contributed by atoms with E-state index in [2.05, 4.69) is 15.3 Å². The molecule has 1 unspecified atom stereocenters. The Morgan fingerprint density at radius 2 is 1.86 bits per heavy atom. The van der Waals surface area contributed by atoms with Crippen molar-refractivity contribution in [3.8, 4) is 5.75 Å². The van der Waals surface area contributed by atoms with Crippen LogP contribution in [0.25, 0.3) is 11.0 Å². The summed E-state index contributed by atoms with van der Waals surface area (Å²) in [7, 11) is 0. The third-order valence-corrected chi connectivity index (χ3v) is 3.55. The molecule has 108 valence electrons. The highest BCUT2D eigenvalue weighted by Crippen LogP contribution is 2.28. The number of benzene rings is 2. The Morgan fingerprint density at radius 1 is 1.10 bits per heavy atom. The smallest absolute Gasteiger partial charge is 0.323 e. The summed E-state index contributed by atoms with van der Waals surface area (Å²) in [5.74, 6) is 0.275. The fourth-order valence-corrected chi connectivity index (χ4v) is 2.47. The van der Waals surface area contributed by atoms with Crippen molar-refractivity contribution in [2.45, 2.75) is 19.9 Å². The summed E-state index contributed by atoms with van der Waals surface area (Å²) in [4.78, 5) is 16.7. The van der Waals surface area contributed by atoms with Crippen molar-refractivity contribution in [3.63, 3.8) is 0 Å². The summed E-state index contributed by atoms with van der Waals surface area (Å²) in [6.45, 7) is 3.98. The number of aromatic nitrogens is 2. The molecule has 3 rings (SSSR count). The van der Waals surface area contributed by atoms with E-state index in [9.17, 15) is 9.90 Å². The molecule has 0 radical (unpaired) electrons. The average molecular weight is 283 g/mol. The summed E-state index contributed by atoms with van der Waals surface area (Å²) >= 11 is 0. The number of imidazole rings is 1. The maximum atomic E-state index is 11.3. The van der Waals surface area contributed by atoms with E-state index in [1.165, 1.54) is 0 Å². The molecule has 4 N–H and O–H groups in total. The number of rotatable bonds is 3. The predicted molar refractivity (Wildman–Crippen MR) is 83.8 cm³/mol. The highest BCUT2D eigenvalue weighted by Gasteiger charge is 2.11. The van der Waals surface area contributed by atoms with Gasteiger partial charge in [-0.25, -0.2) is 4.79 Å². The second-order valence-electron chi connectivity index (χ2n) is 5.27. The molecule has 1 aromatic heterocycles. The first-order chi connectivity index (χ1) is 10.0. The normalized spacial score (nSPS) is 12.5. The molecule has 0 bridgehead atoms. The van der Waals surface area contributed by atoms with Gasteiger partial charge < -0.3 is 20.4 Å². The lowest BCUT2D eigenvalue weighted by molar-refractivity contribution is 0.465. The van der Waals surface area contributed by atoms with Crippen molar-refractivity contribution in [1.82, 2.24) is 9.97 Å². The summed E-state index contributed by atoms with van der Waals surface area (Å²) in [5, 5.41) is 13.3. The van der Waals surface area contributed by atoms with E-state index in [0.717, 1.165) is 27.8 Å². The van der Waals surface area contributed by atoms with Crippen molar-refractivity contribution in [2.24, 2.45) is 0 Å². The van der Waals surface area contributed by atoms with Crippen LogP contribution in [-0.4, -0.2) is 15.1 Å². The third-order valence-electron chi connectivity index (χ3n) is 3.55. The third kappa shape index (κ3) is 2.63. The van der Waals surface area contributed by atoms with Crippen LogP contribution < -0.4 is 11.0 Å². The quantitative estimate of drug-likeness (QED) is 0.596. The molecule has 0 fully saturated rings. The Kier molecular flexibility index (Phi) is 3.17. The van der Waals surface area contributed by atoms with Crippen LogP contribution in [0.15, 0.2) is 41.2 Å². The number of H-pyrrole nitrogens is 2. The van der Waals surface area contributed by atoms with Crippen LogP contribution in [0.1, 0.15) is 24.1 Å². The van der Waals surface area contributed by atoms with E-state index in [1.807, 2.05) is 44.2 Å². The van der Waals surface area contributed by atoms with Crippen molar-refractivity contribution in [2.75, 3.05) is 5.32 Å². The fraction of sp³-hybridized carbons (Fsp3) is 0.188. The molecule has 0 spiro atoms. The molecule has 0 aliphatic rings. The van der Waals surface area contributed by atoms with Gasteiger partial charge in [0.05, 0.1) is 17.1 Å². The number of phenolic OH excluding ortho intramolecular Hbond substituents is 1. The van der Waals surface area contributed by atoms with Gasteiger partial charge in [-0.3, -0.25) is 0 Å². The lowest BCUT2D eigenvalue weighted by Gasteiger charge is -2.17. The Balaban J connectivity index is 1.90. The average Bonchev–Trinajstić information content (AvgIpc) is 2.80. The molecule has 3 aromatic rings. The van der Waals surface area contributed by atoms with Crippen molar-refractivity contribution < 1.29 is 5.11 Å². The zero-order valence-electron chi connectivity index (χ0n) is 11.9. The van der Waals surface area contributed by atoms with Gasteiger partial charge in [-0.1, -0.05) is 17.7 Å². The van der Waals surface area contributed by atoms with Crippen LogP contribution in [0.5, 0.6) is 5.75 Å². The molecular formula is C16H17N3O2. The van der Waals surface area contributed by atoms with E-state index in [1.54, 1.807) is 6.07 Å². The zero-order valence-corrected chi connectivity index (χ0v) is 11.9. The number of hydrogen-bond acceptors (Lipinski definition) is 3. The SMILES string of the molecule is Cc1ccc(O)c(C(C)Nc2ccc3[nH]c(=O)[nH]c3c2)c1. The first kappa shape index (κ1) is 13.3. The molecule has 2 aromatic carbocycles. The minimum atomic E-state index is -0.216. The van der Waals surface area contributed by atoms with E-state index in [4.69, 9.17) is 0 Å². The molecule has 0 amide bonds. The molecular weight excluding hydrogens is 266 g/mol. The van der Waals surface area contributed by atoms with E-state index in [0.29, 0.717) is 0 Å². The lowest BCUT2D eigenvalue weighted by atomic mass is 10.0. The number of fused-ring (bicyclic) bond motifs is 1. The van der Waals surface area contributed by atoms with Gasteiger partial charge in [-0.05, 0) is 38.1 Å². The Bertz CT molecular complexity index is 848. The number of aromatic amines is 2. The minimum absolute atomic E-state index is 0.0481. The van der Waals surface area contributed by atoms with Gasteiger partial charge in [0, 0.05) is 11.3 Å². The van der Waals surface area contributed by atoms with Crippen molar-refractivity contribution in [3.05, 3.63) is 58.0 Å². The largest absolute Gasteiger partial charge is 0.508 e. The molecule has 0 aliphatic carbocycles. The van der Waals surface area contributed by atoms with Crippen LogP contribution in [0.2, 0.25) is 0 Å². The molecule has 0 saturated heterocycles. The van der Waals surface area contributed by atoms with Crippen LogP contribution in [-0.2, 0) is 0 Å². The van der Waals surface area contributed by atoms with Gasteiger partial charge in [0.1, 0.15) is 5.75 Å². The lowest BCUT2D eigenvalue weighted by Crippen LogP contribution is -2.07. The fourth-order valence-electron chi connectivity index (χ4n) is 2.47. The second kappa shape index (κ2) is 5.01. The summed E-state index contributed by atoms with van der Waals surface area (Å²) < 4.78 is 0. The second-order valence-corrected chi connectivity index (χ2v) is 5.27. The Morgan fingerprint density at radius 3 is 2.67 bits per heavy atom. The van der Waals surface area contributed by atoms with Gasteiger partial charge in [0.2, 0.25) is 0 Å². The van der Waals surface area contributed by atoms with Gasteiger partial charge >= 0.3 is 5.69 Å². The zero-order chi connectivity index (χ0) is 15.0. The van der Waals surface area contributed by atoms with Crippen LogP contribution in [0, 0.1) is 6.92 Å². The van der Waals surface area contributed by atoms with Gasteiger partial charge in [0.25, 0.3) is 0 Å². The topological polar surface area (TPSA) is 80.9 Å². The Labute approximate surface area is 121 Å². The first-order valence-corrected chi connectivity index (χ1v) is 6.81. The number of aryl methyl sites for hydroxylation is 1. The summed E-state index contributed by atoms with van der Waals surface area (Å²) in [6, 6.07) is 11.1. The maximum Gasteiger partial charge on any atom is 0.323 e. The van der Waals surface area contributed by atoms with E-state index < -0.39 is 0 Å². The van der Waals surface area contributed by atoms with Crippen LogP contribution in [0.4, 0.5) is 5.69 Å². The molecule has 0 aliphatic heterocycles. The summed E-state index contributed by atoms with van der Waals surface area (Å²) in [5.41, 5.74) is 4.14. The van der Waals surface area contributed by atoms with Gasteiger partial charge in [-0.2, -0.15) is 0 Å². The predicted octanol–water partition coefficient (Wildman–Crippen LogP) is 3.04. The van der Waals surface area contributed by atoms with E-state index >= 15 is 0 Å². The number of anilines is 1. The first-order valence-electron chi connectivity index (χ1n) is 6.81. The molecule has 5 heteroatoms. The monoisotopic (exact) mass is 283 g/mol. The van der Waals surface area contributed by atoms with Crippen molar-refractivity contribution in [1.29, 1.82) is 0 Å². The molecule has 5 nitrogen and oxygen atoms in total. The molecule has 1 heterocycles. The minimum Gasteiger partial charge on any atom is -0.508 e. The summed E-state index contributed by atoms with van der Waals surface area (Å²) in [6.07, 6.45) is 0. The highest BCUT2D eigenvalue weighted by molar-refractivity contribution is 5.78. The molecule has 1 atom stereocenters. The number of aromatic hydroxyl groups is 1. The van der Waals surface area contributed by atoms with Crippen LogP contribution in [0.3, 0.4) is 0 Å². The maximum absolute atomic E-state index is 11.3. The standard InChI is InChI=1S/C16H17N3O2/c1-9-3-6-15(20)12(7-9)10(2)17-11-4-5-13-14(8-11)19-16(21)18-13/h3-8,10,17,20H,1-2H3,(H2,18,19,21). The van der Waals surface area contributed by atoms with Gasteiger partial charge in [-0.15, -0.1) is 0 Å². The number of phenols is 1. The van der Waals surface area contributed by atoms with E-state index in [-0.39, 0.29) is 17.5 Å². The molecule has 0 saturated carbocycles. The molecule has 21 heavy (non-hydrogen) atoms. The Hall–Kier alpha value is -2.69. The van der Waals surface area contributed by atoms with Crippen molar-refractivity contribution >= 4 is 16.7 Å². The van der Waals surface area contributed by atoms with Gasteiger partial charge in [0.15, 0.2) is 0 Å². The number of nitrogens with one attached hydrogen (secondary N) is 3. The van der Waals surface area contributed by atoms with Crippen LogP contribution >= 0.6 is 0 Å². The number of hydrogen-bond donors (Lipinski definition) is 4. The highest BCUT2D eigenvalue weighted by atomic mass is 16.3.